The van der Waals surface area contributed by atoms with Crippen LogP contribution in [0.3, 0.4) is 0 Å². The summed E-state index contributed by atoms with van der Waals surface area (Å²) < 4.78 is 5.28. The highest BCUT2D eigenvalue weighted by Gasteiger charge is 1.71. The van der Waals surface area contributed by atoms with Crippen LogP contribution < -0.4 is 0 Å². The smallest absolute Gasteiger partial charge is 0.0943 e. The summed E-state index contributed by atoms with van der Waals surface area (Å²) in [6.07, 6.45) is 12.4. The zero-order valence-corrected chi connectivity index (χ0v) is 10.7. The lowest BCUT2D eigenvalue weighted by Gasteiger charge is -1.77. The van der Waals surface area contributed by atoms with Gasteiger partial charge in [0.25, 0.3) is 0 Å². The van der Waals surface area contributed by atoms with Crippen molar-refractivity contribution in [1.29, 1.82) is 0 Å². The van der Waals surface area contributed by atoms with Gasteiger partial charge in [-0.05, 0) is 6.07 Å². The molecule has 0 bridgehead atoms. The quantitative estimate of drug-likeness (QED) is 0.585. The minimum absolute atomic E-state index is 1.64. The van der Waals surface area contributed by atoms with Crippen LogP contribution in [-0.4, -0.2) is 34.3 Å². The molecule has 96 valence electrons. The highest BCUT2D eigenvalue weighted by molar-refractivity contribution is 4.75. The molecule has 3 aromatic rings. The van der Waals surface area contributed by atoms with E-state index in [9.17, 15) is 0 Å². The standard InChI is InChI=1S/2C4H6N2.C3H5N3/c1-6-3-2-5-4-6;1-6-4-2-3-5-6;1-6-3-2-4-5-6/h2*2-4H,1H3;2-3H,1H3. The van der Waals surface area contributed by atoms with Gasteiger partial charge in [0.2, 0.25) is 0 Å². The van der Waals surface area contributed by atoms with Gasteiger partial charge >= 0.3 is 0 Å². The van der Waals surface area contributed by atoms with Gasteiger partial charge < -0.3 is 4.57 Å². The molecule has 7 heteroatoms. The van der Waals surface area contributed by atoms with Crippen LogP contribution in [0.1, 0.15) is 0 Å². The van der Waals surface area contributed by atoms with Crippen molar-refractivity contribution >= 4 is 0 Å². The Morgan fingerprint density at radius 2 is 1.67 bits per heavy atom. The van der Waals surface area contributed by atoms with E-state index in [-0.39, 0.29) is 0 Å². The summed E-state index contributed by atoms with van der Waals surface area (Å²) in [5.74, 6) is 0. The van der Waals surface area contributed by atoms with Gasteiger partial charge in [0, 0.05) is 52.1 Å². The summed E-state index contributed by atoms with van der Waals surface area (Å²) in [5.41, 5.74) is 0. The third-order valence-electron chi connectivity index (χ3n) is 1.82. The molecule has 0 fully saturated rings. The van der Waals surface area contributed by atoms with Crippen LogP contribution in [0, 0.1) is 0 Å². The average molecular weight is 247 g/mol. The molecule has 0 aliphatic heterocycles. The predicted molar refractivity (Wildman–Crippen MR) is 67.4 cm³/mol. The largest absolute Gasteiger partial charge is 0.341 e. The van der Waals surface area contributed by atoms with E-state index in [4.69, 9.17) is 0 Å². The predicted octanol–water partition coefficient (Wildman–Crippen LogP) is 0.655. The fourth-order valence-corrected chi connectivity index (χ4v) is 0.938. The van der Waals surface area contributed by atoms with Crippen molar-refractivity contribution in [3.63, 3.8) is 0 Å². The highest BCUT2D eigenvalue weighted by atomic mass is 15.4. The Bertz CT molecular complexity index is 405. The second-order valence-corrected chi connectivity index (χ2v) is 3.48. The maximum absolute atomic E-state index is 3.83. The van der Waals surface area contributed by atoms with E-state index in [0.717, 1.165) is 0 Å². The number of nitrogens with zero attached hydrogens (tertiary/aromatic N) is 7. The van der Waals surface area contributed by atoms with Gasteiger partial charge in [-0.2, -0.15) is 5.10 Å². The fraction of sp³-hybridized carbons (Fsp3) is 0.273. The molecule has 0 spiro atoms. The number of aryl methyl sites for hydroxylation is 3. The lowest BCUT2D eigenvalue weighted by atomic mass is 10.8. The molecule has 0 saturated heterocycles. The molecule has 0 N–H and O–H groups in total. The van der Waals surface area contributed by atoms with Crippen molar-refractivity contribution in [2.24, 2.45) is 21.1 Å². The first-order valence-corrected chi connectivity index (χ1v) is 5.34. The molecule has 3 rings (SSSR count). The topological polar surface area (TPSA) is 66.3 Å². The van der Waals surface area contributed by atoms with Crippen LogP contribution in [-0.2, 0) is 21.1 Å². The van der Waals surface area contributed by atoms with E-state index >= 15 is 0 Å². The van der Waals surface area contributed by atoms with Gasteiger partial charge in [0.15, 0.2) is 0 Å². The first kappa shape index (κ1) is 13.6. The molecule has 0 aliphatic rings. The van der Waals surface area contributed by atoms with E-state index in [1.807, 2.05) is 44.2 Å². The molecule has 7 nitrogen and oxygen atoms in total. The Morgan fingerprint density at radius 3 is 1.83 bits per heavy atom. The van der Waals surface area contributed by atoms with Crippen LogP contribution >= 0.6 is 0 Å². The third kappa shape index (κ3) is 6.21. The van der Waals surface area contributed by atoms with Crippen molar-refractivity contribution in [3.8, 4) is 0 Å². The molecule has 0 atom stereocenters. The molecule has 0 aliphatic carbocycles. The van der Waals surface area contributed by atoms with E-state index in [1.165, 1.54) is 0 Å². The Hall–Kier alpha value is -2.44. The number of imidazole rings is 1. The van der Waals surface area contributed by atoms with E-state index < -0.39 is 0 Å². The fourth-order valence-electron chi connectivity index (χ4n) is 0.938. The molecule has 0 aromatic carbocycles. The molecule has 0 unspecified atom stereocenters. The average Bonchev–Trinajstić information content (AvgIpc) is 3.05. The lowest BCUT2D eigenvalue weighted by Crippen LogP contribution is -1.85. The molecule has 0 saturated carbocycles. The van der Waals surface area contributed by atoms with Crippen LogP contribution in [0.25, 0.3) is 0 Å². The van der Waals surface area contributed by atoms with Crippen LogP contribution in [0.15, 0.2) is 49.6 Å². The highest BCUT2D eigenvalue weighted by Crippen LogP contribution is 1.74. The molecular formula is C11H17N7. The number of aromatic nitrogens is 7. The summed E-state index contributed by atoms with van der Waals surface area (Å²) >= 11 is 0. The number of rotatable bonds is 0. The molecule has 0 radical (unpaired) electrons. The summed E-state index contributed by atoms with van der Waals surface area (Å²) in [6, 6.07) is 1.89. The van der Waals surface area contributed by atoms with Gasteiger partial charge in [0.05, 0.1) is 12.5 Å². The summed E-state index contributed by atoms with van der Waals surface area (Å²) in [4.78, 5) is 3.78. The number of hydrogen-bond donors (Lipinski definition) is 0. The van der Waals surface area contributed by atoms with Gasteiger partial charge in [-0.1, -0.05) is 5.21 Å². The van der Waals surface area contributed by atoms with Crippen LogP contribution in [0.4, 0.5) is 0 Å². The second kappa shape index (κ2) is 7.77. The summed E-state index contributed by atoms with van der Waals surface area (Å²) in [7, 11) is 5.65. The number of hydrogen-bond acceptors (Lipinski definition) is 4. The van der Waals surface area contributed by atoms with Gasteiger partial charge in [-0.25, -0.2) is 4.98 Å². The normalized spacial score (nSPS) is 8.83. The minimum atomic E-state index is 1.64. The Labute approximate surface area is 106 Å². The Morgan fingerprint density at radius 1 is 0.833 bits per heavy atom. The SMILES string of the molecule is Cn1cccn1.Cn1ccnc1.Cn1ccnn1. The van der Waals surface area contributed by atoms with Gasteiger partial charge in [-0.15, -0.1) is 5.10 Å². The van der Waals surface area contributed by atoms with E-state index in [2.05, 4.69) is 20.4 Å². The van der Waals surface area contributed by atoms with Crippen molar-refractivity contribution in [2.45, 2.75) is 0 Å². The van der Waals surface area contributed by atoms with Gasteiger partial charge in [0.1, 0.15) is 0 Å². The zero-order chi connectivity index (χ0) is 13.2. The molecule has 18 heavy (non-hydrogen) atoms. The lowest BCUT2D eigenvalue weighted by molar-refractivity contribution is 0.715. The van der Waals surface area contributed by atoms with Crippen LogP contribution in [0.5, 0.6) is 0 Å². The molecular weight excluding hydrogens is 230 g/mol. The van der Waals surface area contributed by atoms with E-state index in [0.29, 0.717) is 0 Å². The maximum Gasteiger partial charge on any atom is 0.0943 e. The van der Waals surface area contributed by atoms with Crippen molar-refractivity contribution in [2.75, 3.05) is 0 Å². The van der Waals surface area contributed by atoms with E-state index in [1.54, 1.807) is 40.5 Å². The first-order chi connectivity index (χ1) is 8.68. The first-order valence-electron chi connectivity index (χ1n) is 5.34. The third-order valence-corrected chi connectivity index (χ3v) is 1.82. The molecule has 3 aromatic heterocycles. The summed E-state index contributed by atoms with van der Waals surface area (Å²) in [5, 5.41) is 11.0. The second-order valence-electron chi connectivity index (χ2n) is 3.48. The Balaban J connectivity index is 0.000000135. The monoisotopic (exact) mass is 247 g/mol. The molecule has 3 heterocycles. The van der Waals surface area contributed by atoms with Crippen molar-refractivity contribution in [1.82, 2.24) is 34.3 Å². The van der Waals surface area contributed by atoms with Gasteiger partial charge in [-0.3, -0.25) is 9.36 Å². The van der Waals surface area contributed by atoms with Crippen molar-refractivity contribution < 1.29 is 0 Å². The van der Waals surface area contributed by atoms with Crippen LogP contribution in [0.2, 0.25) is 0 Å². The zero-order valence-electron chi connectivity index (χ0n) is 10.7. The minimum Gasteiger partial charge on any atom is -0.341 e. The summed E-state index contributed by atoms with van der Waals surface area (Å²) in [6.45, 7) is 0. The van der Waals surface area contributed by atoms with Crippen molar-refractivity contribution in [3.05, 3.63) is 49.6 Å². The molecule has 0 amide bonds. The Kier molecular flexibility index (Phi) is 5.88. The maximum atomic E-state index is 3.83.